The van der Waals surface area contributed by atoms with Crippen LogP contribution >= 0.6 is 0 Å². The Morgan fingerprint density at radius 2 is 0.921 bits per heavy atom. The molecule has 0 amide bonds. The van der Waals surface area contributed by atoms with Crippen LogP contribution in [-0.4, -0.2) is 18.5 Å². The molecule has 9 heteroatoms. The number of carbonyl (C=O) groups is 1. The van der Waals surface area contributed by atoms with E-state index in [0.717, 1.165) is 35.4 Å². The van der Waals surface area contributed by atoms with Gasteiger partial charge >= 0.3 is 12.7 Å². The van der Waals surface area contributed by atoms with Gasteiger partial charge in [-0.1, -0.05) is 60.7 Å². The number of ether oxygens (including phenoxy) is 2. The molecule has 4 aromatic rings. The van der Waals surface area contributed by atoms with Crippen LogP contribution in [0.5, 0.6) is 11.5 Å². The maximum absolute atomic E-state index is 13.7. The molecule has 3 nitrogen and oxygen atoms in total. The molecule has 0 heterocycles. The first-order valence-electron chi connectivity index (χ1n) is 11.4. The third-order valence-corrected chi connectivity index (χ3v) is 5.58. The van der Waals surface area contributed by atoms with Crippen LogP contribution in [0.1, 0.15) is 38.2 Å². The Morgan fingerprint density at radius 1 is 0.553 bits per heavy atom. The minimum absolute atomic E-state index is 0.0992. The third kappa shape index (κ3) is 7.38. The van der Waals surface area contributed by atoms with Crippen molar-refractivity contribution in [3.05, 3.63) is 130 Å². The smallest absolute Gasteiger partial charge is 0.406 e. The van der Waals surface area contributed by atoms with Gasteiger partial charge in [-0.2, -0.15) is 0 Å². The molecule has 0 aliphatic carbocycles. The van der Waals surface area contributed by atoms with E-state index in [4.69, 9.17) is 0 Å². The lowest BCUT2D eigenvalue weighted by Crippen LogP contribution is -2.18. The monoisotopic (exact) mass is 530 g/mol. The highest BCUT2D eigenvalue weighted by atomic mass is 19.4. The van der Waals surface area contributed by atoms with Crippen LogP contribution in [0.15, 0.2) is 97.1 Å². The van der Waals surface area contributed by atoms with Crippen molar-refractivity contribution in [2.24, 2.45) is 0 Å². The molecule has 0 atom stereocenters. The van der Waals surface area contributed by atoms with Gasteiger partial charge in [0.25, 0.3) is 0 Å². The van der Waals surface area contributed by atoms with Crippen molar-refractivity contribution in [1.82, 2.24) is 0 Å². The molecule has 0 aromatic heterocycles. The highest BCUT2D eigenvalue weighted by Crippen LogP contribution is 2.31. The highest BCUT2D eigenvalue weighted by Gasteiger charge is 2.33. The molecule has 0 bridgehead atoms. The molecular weight excluding hydrogens is 510 g/mol. The molecule has 0 N–H and O–H groups in total. The Bertz CT molecular complexity index is 1290. The summed E-state index contributed by atoms with van der Waals surface area (Å²) >= 11 is 0. The van der Waals surface area contributed by atoms with E-state index in [0.29, 0.717) is 0 Å². The minimum Gasteiger partial charge on any atom is -0.406 e. The summed E-state index contributed by atoms with van der Waals surface area (Å²) in [5.41, 5.74) is 2.21. The van der Waals surface area contributed by atoms with Gasteiger partial charge in [0.1, 0.15) is 11.5 Å². The quantitative estimate of drug-likeness (QED) is 0.172. The van der Waals surface area contributed by atoms with Gasteiger partial charge in [0.2, 0.25) is 0 Å². The number of hydrogen-bond donors (Lipinski definition) is 0. The van der Waals surface area contributed by atoms with Crippen LogP contribution in [0.3, 0.4) is 0 Å². The zero-order valence-electron chi connectivity index (χ0n) is 19.6. The minimum atomic E-state index is -4.92. The Hall–Kier alpha value is -4.27. The molecule has 4 aromatic carbocycles. The van der Waals surface area contributed by atoms with Gasteiger partial charge in [-0.25, -0.2) is 0 Å². The lowest BCUT2D eigenvalue weighted by Gasteiger charge is -2.16. The second-order valence-corrected chi connectivity index (χ2v) is 8.39. The second kappa shape index (κ2) is 11.0. The third-order valence-electron chi connectivity index (χ3n) is 5.58. The Labute approximate surface area is 214 Å². The number of carbonyl (C=O) groups excluding carboxylic acids is 1. The first-order valence-corrected chi connectivity index (χ1v) is 11.4. The van der Waals surface area contributed by atoms with Crippen molar-refractivity contribution in [3.8, 4) is 11.5 Å². The number of alkyl halides is 6. The van der Waals surface area contributed by atoms with E-state index in [2.05, 4.69) is 9.47 Å². The molecule has 4 rings (SSSR count). The van der Waals surface area contributed by atoms with Gasteiger partial charge in [0.05, 0.1) is 0 Å². The first kappa shape index (κ1) is 26.8. The van der Waals surface area contributed by atoms with Crippen molar-refractivity contribution in [3.63, 3.8) is 0 Å². The number of ketones is 1. The molecule has 196 valence electrons. The maximum Gasteiger partial charge on any atom is 0.573 e. The van der Waals surface area contributed by atoms with Crippen molar-refractivity contribution in [1.29, 1.82) is 0 Å². The van der Waals surface area contributed by atoms with Crippen LogP contribution in [0.25, 0.3) is 0 Å². The molecule has 0 aliphatic rings. The molecule has 0 saturated carbocycles. The lowest BCUT2D eigenvalue weighted by atomic mass is 9.90. The summed E-state index contributed by atoms with van der Waals surface area (Å²) in [7, 11) is 0. The molecular formula is C29H20F6O3. The van der Waals surface area contributed by atoms with E-state index in [1.165, 1.54) is 12.1 Å². The zero-order valence-corrected chi connectivity index (χ0v) is 19.6. The average molecular weight is 530 g/mol. The van der Waals surface area contributed by atoms with Gasteiger partial charge < -0.3 is 9.47 Å². The van der Waals surface area contributed by atoms with Crippen molar-refractivity contribution in [2.75, 3.05) is 0 Å². The van der Waals surface area contributed by atoms with E-state index in [1.54, 1.807) is 60.7 Å². The molecule has 0 spiro atoms. The zero-order chi connectivity index (χ0) is 27.3. The van der Waals surface area contributed by atoms with Gasteiger partial charge in [0.15, 0.2) is 5.78 Å². The van der Waals surface area contributed by atoms with Gasteiger partial charge in [-0.15, -0.1) is 26.3 Å². The largest absolute Gasteiger partial charge is 0.573 e. The Balaban J connectivity index is 1.77. The first-order chi connectivity index (χ1) is 18.0. The number of benzene rings is 4. The summed E-state index contributed by atoms with van der Waals surface area (Å²) in [4.78, 5) is 13.7. The van der Waals surface area contributed by atoms with Crippen LogP contribution in [0.2, 0.25) is 0 Å². The summed E-state index contributed by atoms with van der Waals surface area (Å²) < 4.78 is 85.3. The summed E-state index contributed by atoms with van der Waals surface area (Å²) in [5.74, 6) is -1.53. The normalized spacial score (nSPS) is 11.7. The fraction of sp³-hybridized carbons (Fsp3) is 0.138. The summed E-state index contributed by atoms with van der Waals surface area (Å²) in [6.45, 7) is 0. The fourth-order valence-electron chi connectivity index (χ4n) is 4.05. The average Bonchev–Trinajstić information content (AvgIpc) is 2.83. The SMILES string of the molecule is O=C(c1ccc(OC(F)(F)F)cc1Cc1ccccc1)c1ccc(OC(F)(F)F)cc1Cc1ccccc1. The maximum atomic E-state index is 13.7. The molecule has 0 saturated heterocycles. The summed E-state index contributed by atoms with van der Waals surface area (Å²) in [5, 5.41) is 0. The van der Waals surface area contributed by atoms with Crippen molar-refractivity contribution in [2.45, 2.75) is 25.6 Å². The number of halogens is 6. The van der Waals surface area contributed by atoms with E-state index in [1.807, 2.05) is 0 Å². The van der Waals surface area contributed by atoms with Gasteiger partial charge in [-0.3, -0.25) is 4.79 Å². The van der Waals surface area contributed by atoms with E-state index >= 15 is 0 Å². The fourth-order valence-corrected chi connectivity index (χ4v) is 4.05. The molecule has 0 radical (unpaired) electrons. The molecule has 0 aliphatic heterocycles. The summed E-state index contributed by atoms with van der Waals surface area (Å²) in [6.07, 6.45) is -9.60. The van der Waals surface area contributed by atoms with E-state index < -0.39 is 30.0 Å². The predicted molar refractivity (Wildman–Crippen MR) is 128 cm³/mol. The topological polar surface area (TPSA) is 35.5 Å². The summed E-state index contributed by atoms with van der Waals surface area (Å²) in [6, 6.07) is 24.4. The standard InChI is InChI=1S/C29H20F6O3/c30-28(31,32)37-23-11-13-25(21(17-23)15-19-7-3-1-4-8-19)27(36)26-14-12-24(38-29(33,34)35)18-22(26)16-20-9-5-2-6-10-20/h1-14,17-18H,15-16H2. The van der Waals surface area contributed by atoms with Crippen LogP contribution in [-0.2, 0) is 12.8 Å². The van der Waals surface area contributed by atoms with E-state index in [9.17, 15) is 31.1 Å². The van der Waals surface area contributed by atoms with Gasteiger partial charge in [-0.05, 0) is 71.5 Å². The van der Waals surface area contributed by atoms with Gasteiger partial charge in [0, 0.05) is 11.1 Å². The van der Waals surface area contributed by atoms with Crippen LogP contribution < -0.4 is 9.47 Å². The second-order valence-electron chi connectivity index (χ2n) is 8.39. The molecule has 0 unspecified atom stereocenters. The number of rotatable bonds is 8. The van der Waals surface area contributed by atoms with Crippen LogP contribution in [0.4, 0.5) is 26.3 Å². The Morgan fingerprint density at radius 3 is 1.26 bits per heavy atom. The van der Waals surface area contributed by atoms with Crippen molar-refractivity contribution < 1.29 is 40.6 Å². The van der Waals surface area contributed by atoms with Crippen molar-refractivity contribution >= 4 is 5.78 Å². The van der Waals surface area contributed by atoms with Crippen LogP contribution in [0, 0.1) is 0 Å². The molecule has 38 heavy (non-hydrogen) atoms. The lowest BCUT2D eigenvalue weighted by molar-refractivity contribution is -0.275. The Kier molecular flexibility index (Phi) is 7.75. The number of hydrogen-bond acceptors (Lipinski definition) is 3. The molecule has 0 fully saturated rings. The highest BCUT2D eigenvalue weighted by molar-refractivity contribution is 6.11. The predicted octanol–water partition coefficient (Wildman–Crippen LogP) is 7.90. The van der Waals surface area contributed by atoms with E-state index in [-0.39, 0.29) is 35.1 Å².